The van der Waals surface area contributed by atoms with Crippen LogP contribution in [0.4, 0.5) is 11.4 Å². The number of amidine groups is 1. The van der Waals surface area contributed by atoms with E-state index in [2.05, 4.69) is 59.7 Å². The van der Waals surface area contributed by atoms with Gasteiger partial charge in [0.1, 0.15) is 11.7 Å². The molecule has 0 aliphatic carbocycles. The molecule has 2 aliphatic heterocycles. The van der Waals surface area contributed by atoms with E-state index in [1.807, 2.05) is 44.2 Å². The van der Waals surface area contributed by atoms with Crippen molar-refractivity contribution in [3.8, 4) is 0 Å². The monoisotopic (exact) mass is 500 g/mol. The summed E-state index contributed by atoms with van der Waals surface area (Å²) in [6.45, 7) is 16.8. The molecule has 2 aliphatic rings. The summed E-state index contributed by atoms with van der Waals surface area (Å²) in [6.07, 6.45) is 8.30. The van der Waals surface area contributed by atoms with E-state index in [-0.39, 0.29) is 5.91 Å². The zero-order valence-corrected chi connectivity index (χ0v) is 22.9. The number of carbonyl (C=O) groups is 1. The highest BCUT2D eigenvalue weighted by Gasteiger charge is 2.25. The van der Waals surface area contributed by atoms with E-state index in [1.54, 1.807) is 23.2 Å². The van der Waals surface area contributed by atoms with Gasteiger partial charge >= 0.3 is 0 Å². The summed E-state index contributed by atoms with van der Waals surface area (Å²) in [5, 5.41) is 3.27. The molecule has 7 nitrogen and oxygen atoms in total. The number of carbonyl (C=O) groups excluding carboxylic acids is 1. The number of aromatic nitrogens is 1. The number of rotatable bonds is 6. The van der Waals surface area contributed by atoms with Gasteiger partial charge in [0, 0.05) is 55.4 Å². The number of amides is 1. The molecular weight excluding hydrogens is 460 g/mol. The lowest BCUT2D eigenvalue weighted by molar-refractivity contribution is -0.123. The van der Waals surface area contributed by atoms with E-state index >= 15 is 0 Å². The Kier molecular flexibility index (Phi) is 10.2. The van der Waals surface area contributed by atoms with Gasteiger partial charge in [-0.25, -0.2) is 4.99 Å². The zero-order chi connectivity index (χ0) is 26.8. The lowest BCUT2D eigenvalue weighted by Crippen LogP contribution is -2.44. The van der Waals surface area contributed by atoms with Crippen molar-refractivity contribution in [1.82, 2.24) is 14.8 Å². The van der Waals surface area contributed by atoms with Crippen molar-refractivity contribution in [3.05, 3.63) is 90.1 Å². The molecule has 7 heteroatoms. The average molecular weight is 501 g/mol. The second kappa shape index (κ2) is 13.6. The molecule has 1 fully saturated rings. The van der Waals surface area contributed by atoms with Gasteiger partial charge in [-0.3, -0.25) is 14.7 Å². The SMILES string of the molecule is C=C(/N=C1\C(=C/C)C=CC(=O)N1Cc1ncccc1C)Nc1ccc(N2CCN(C)CC2)cc1.CCC. The van der Waals surface area contributed by atoms with Gasteiger partial charge in [0.05, 0.1) is 12.2 Å². The summed E-state index contributed by atoms with van der Waals surface area (Å²) < 4.78 is 0. The molecule has 0 unspecified atom stereocenters. The molecule has 0 radical (unpaired) electrons. The molecule has 196 valence electrons. The van der Waals surface area contributed by atoms with Crippen LogP contribution in [-0.4, -0.2) is 59.8 Å². The second-order valence-corrected chi connectivity index (χ2v) is 9.32. The predicted octanol–water partition coefficient (Wildman–Crippen LogP) is 5.38. The predicted molar refractivity (Wildman–Crippen MR) is 155 cm³/mol. The molecule has 0 saturated carbocycles. The summed E-state index contributed by atoms with van der Waals surface area (Å²) in [4.78, 5) is 28.3. The van der Waals surface area contributed by atoms with Crippen LogP contribution in [0.5, 0.6) is 0 Å². The highest BCUT2D eigenvalue weighted by Crippen LogP contribution is 2.22. The van der Waals surface area contributed by atoms with E-state index in [0.29, 0.717) is 18.2 Å². The number of pyridine rings is 1. The van der Waals surface area contributed by atoms with Crippen LogP contribution in [0.3, 0.4) is 0 Å². The number of likely N-dealkylation sites (N-methyl/N-ethyl adjacent to an activating group) is 1. The summed E-state index contributed by atoms with van der Waals surface area (Å²) in [6, 6.07) is 12.2. The molecule has 0 atom stereocenters. The van der Waals surface area contributed by atoms with Gasteiger partial charge < -0.3 is 15.1 Å². The fourth-order valence-corrected chi connectivity index (χ4v) is 4.07. The van der Waals surface area contributed by atoms with Crippen molar-refractivity contribution in [1.29, 1.82) is 0 Å². The lowest BCUT2D eigenvalue weighted by Gasteiger charge is -2.34. The number of nitrogens with one attached hydrogen (secondary N) is 1. The minimum Gasteiger partial charge on any atom is -0.369 e. The quantitative estimate of drug-likeness (QED) is 0.577. The van der Waals surface area contributed by atoms with Crippen molar-refractivity contribution < 1.29 is 4.79 Å². The number of hydrogen-bond donors (Lipinski definition) is 1. The largest absolute Gasteiger partial charge is 0.369 e. The first-order valence-corrected chi connectivity index (χ1v) is 13.0. The Labute approximate surface area is 221 Å². The van der Waals surface area contributed by atoms with Crippen LogP contribution in [0.15, 0.2) is 83.8 Å². The van der Waals surface area contributed by atoms with Crippen molar-refractivity contribution in [2.45, 2.75) is 40.7 Å². The minimum absolute atomic E-state index is 0.126. The lowest BCUT2D eigenvalue weighted by atomic mass is 10.1. The molecule has 3 heterocycles. The second-order valence-electron chi connectivity index (χ2n) is 9.32. The molecule has 0 spiro atoms. The molecule has 37 heavy (non-hydrogen) atoms. The van der Waals surface area contributed by atoms with E-state index in [9.17, 15) is 4.79 Å². The van der Waals surface area contributed by atoms with Crippen molar-refractivity contribution >= 4 is 23.1 Å². The Balaban J connectivity index is 0.00000121. The van der Waals surface area contributed by atoms with Gasteiger partial charge in [-0.1, -0.05) is 39.0 Å². The molecule has 1 aromatic heterocycles. The Bertz CT molecular complexity index is 1160. The maximum atomic E-state index is 12.8. The number of allylic oxidation sites excluding steroid dienone is 1. The molecule has 1 aromatic carbocycles. The summed E-state index contributed by atoms with van der Waals surface area (Å²) >= 11 is 0. The van der Waals surface area contributed by atoms with E-state index < -0.39 is 0 Å². The van der Waals surface area contributed by atoms with Crippen molar-refractivity contribution in [2.24, 2.45) is 4.99 Å². The van der Waals surface area contributed by atoms with Crippen LogP contribution >= 0.6 is 0 Å². The molecule has 1 saturated heterocycles. The van der Waals surface area contributed by atoms with Crippen LogP contribution in [0.25, 0.3) is 0 Å². The van der Waals surface area contributed by atoms with Crippen LogP contribution in [-0.2, 0) is 11.3 Å². The number of aliphatic imine (C=N–C) groups is 1. The molecule has 4 rings (SSSR count). The topological polar surface area (TPSA) is 64.1 Å². The van der Waals surface area contributed by atoms with Crippen LogP contribution in [0, 0.1) is 6.92 Å². The molecule has 2 aromatic rings. The fourth-order valence-electron chi connectivity index (χ4n) is 4.07. The highest BCUT2D eigenvalue weighted by molar-refractivity contribution is 6.15. The number of anilines is 2. The van der Waals surface area contributed by atoms with Gasteiger partial charge in [0.2, 0.25) is 0 Å². The molecule has 0 bridgehead atoms. The van der Waals surface area contributed by atoms with Gasteiger partial charge in [-0.15, -0.1) is 0 Å². The number of aryl methyl sites for hydroxylation is 1. The summed E-state index contributed by atoms with van der Waals surface area (Å²) in [7, 11) is 2.16. The number of hydrogen-bond acceptors (Lipinski definition) is 6. The number of nitrogens with zero attached hydrogens (tertiary/aromatic N) is 5. The first-order chi connectivity index (χ1) is 17.9. The van der Waals surface area contributed by atoms with Crippen molar-refractivity contribution in [2.75, 3.05) is 43.4 Å². The smallest absolute Gasteiger partial charge is 0.252 e. The maximum absolute atomic E-state index is 12.8. The van der Waals surface area contributed by atoms with E-state index in [1.165, 1.54) is 12.1 Å². The summed E-state index contributed by atoms with van der Waals surface area (Å²) in [5.41, 5.74) is 4.85. The van der Waals surface area contributed by atoms with E-state index in [0.717, 1.165) is 48.7 Å². The standard InChI is InChI=1S/C27H32N6O.C3H8/c1-5-22-8-13-26(34)33(19-25-20(2)7-6-14-28-25)27(22)30-21(3)29-23-9-11-24(12-10-23)32-17-15-31(4)16-18-32;1-3-2/h5-14,29H,3,15-19H2,1-2,4H3;3H2,1-2H3/b22-5-,30-27+;. The van der Waals surface area contributed by atoms with Crippen LogP contribution in [0.2, 0.25) is 0 Å². The Morgan fingerprint density at radius 1 is 1.11 bits per heavy atom. The third-order valence-electron chi connectivity index (χ3n) is 6.19. The van der Waals surface area contributed by atoms with Gasteiger partial charge in [0.25, 0.3) is 5.91 Å². The third kappa shape index (κ3) is 7.64. The molecule has 1 amide bonds. The molecular formula is C30H40N6O. The average Bonchev–Trinajstić information content (AvgIpc) is 2.89. The van der Waals surface area contributed by atoms with Gasteiger partial charge in [-0.05, 0) is 62.9 Å². The highest BCUT2D eigenvalue weighted by atomic mass is 16.2. The maximum Gasteiger partial charge on any atom is 0.252 e. The molecule has 1 N–H and O–H groups in total. The van der Waals surface area contributed by atoms with Gasteiger partial charge in [-0.2, -0.15) is 0 Å². The number of piperazine rings is 1. The Morgan fingerprint density at radius 3 is 2.41 bits per heavy atom. The minimum atomic E-state index is -0.126. The van der Waals surface area contributed by atoms with E-state index in [4.69, 9.17) is 4.99 Å². The zero-order valence-electron chi connectivity index (χ0n) is 22.9. The van der Waals surface area contributed by atoms with Crippen LogP contribution < -0.4 is 10.2 Å². The van der Waals surface area contributed by atoms with Crippen LogP contribution in [0.1, 0.15) is 38.4 Å². The van der Waals surface area contributed by atoms with Gasteiger partial charge in [0.15, 0.2) is 0 Å². The normalized spacial score (nSPS) is 18.1. The number of benzene rings is 1. The first kappa shape index (κ1) is 27.9. The summed E-state index contributed by atoms with van der Waals surface area (Å²) in [5.74, 6) is 0.901. The Hall–Kier alpha value is -3.71. The van der Waals surface area contributed by atoms with Crippen molar-refractivity contribution in [3.63, 3.8) is 0 Å². The first-order valence-electron chi connectivity index (χ1n) is 13.0. The fraction of sp³-hybridized carbons (Fsp3) is 0.367. The third-order valence-corrected chi connectivity index (χ3v) is 6.19. The Morgan fingerprint density at radius 2 is 1.78 bits per heavy atom.